The lowest BCUT2D eigenvalue weighted by Gasteiger charge is -2.17. The Bertz CT molecular complexity index is 496. The second kappa shape index (κ2) is 3.88. The largest absolute Gasteiger partial charge is 0.389 e. The maximum absolute atomic E-state index is 9.77. The third-order valence-corrected chi connectivity index (χ3v) is 2.48. The number of nitrogens with zero attached hydrogens (tertiary/aromatic N) is 2. The van der Waals surface area contributed by atoms with Crippen LogP contribution >= 0.6 is 0 Å². The van der Waals surface area contributed by atoms with Crippen LogP contribution in [0.5, 0.6) is 0 Å². The number of fused-ring (bicyclic) bond motifs is 1. The standard InChI is InChI=1S/C12H17N3O/c1-12(2,16)8-15-11-4-3-9(6-13)5-10(11)7-14-15/h3-5,7,16H,6,8,13H2,1-2H3. The number of hydrogen-bond donors (Lipinski definition) is 2. The molecule has 0 aliphatic heterocycles. The molecule has 0 saturated heterocycles. The summed E-state index contributed by atoms with van der Waals surface area (Å²) in [5.74, 6) is 0. The van der Waals surface area contributed by atoms with Gasteiger partial charge in [-0.1, -0.05) is 6.07 Å². The molecule has 1 aromatic heterocycles. The van der Waals surface area contributed by atoms with Crippen molar-refractivity contribution in [1.82, 2.24) is 9.78 Å². The first-order valence-corrected chi connectivity index (χ1v) is 5.36. The van der Waals surface area contributed by atoms with Gasteiger partial charge in [0.05, 0.1) is 23.9 Å². The minimum absolute atomic E-state index is 0.485. The van der Waals surface area contributed by atoms with Gasteiger partial charge in [-0.15, -0.1) is 0 Å². The highest BCUT2D eigenvalue weighted by Gasteiger charge is 2.15. The van der Waals surface area contributed by atoms with Crippen molar-refractivity contribution in [2.24, 2.45) is 5.73 Å². The van der Waals surface area contributed by atoms with Crippen molar-refractivity contribution >= 4 is 10.9 Å². The first-order valence-electron chi connectivity index (χ1n) is 5.36. The summed E-state index contributed by atoms with van der Waals surface area (Å²) in [6, 6.07) is 6.02. The Labute approximate surface area is 94.7 Å². The van der Waals surface area contributed by atoms with Crippen molar-refractivity contribution in [2.45, 2.75) is 32.5 Å². The van der Waals surface area contributed by atoms with Crippen LogP contribution in [-0.4, -0.2) is 20.5 Å². The van der Waals surface area contributed by atoms with Crippen molar-refractivity contribution in [3.05, 3.63) is 30.0 Å². The first kappa shape index (κ1) is 11.1. The van der Waals surface area contributed by atoms with E-state index in [1.54, 1.807) is 20.0 Å². The SMILES string of the molecule is CC(C)(O)Cn1ncc2cc(CN)ccc21. The Balaban J connectivity index is 2.42. The quantitative estimate of drug-likeness (QED) is 0.817. The highest BCUT2D eigenvalue weighted by molar-refractivity contribution is 5.79. The molecule has 86 valence electrons. The Hall–Kier alpha value is -1.39. The van der Waals surface area contributed by atoms with Gasteiger partial charge < -0.3 is 10.8 Å². The summed E-state index contributed by atoms with van der Waals surface area (Å²) in [6.45, 7) is 4.56. The third-order valence-electron chi connectivity index (χ3n) is 2.48. The molecule has 0 radical (unpaired) electrons. The molecule has 16 heavy (non-hydrogen) atoms. The molecule has 4 heteroatoms. The lowest BCUT2D eigenvalue weighted by molar-refractivity contribution is 0.0591. The average Bonchev–Trinajstić information content (AvgIpc) is 2.58. The number of nitrogens with two attached hydrogens (primary N) is 1. The van der Waals surface area contributed by atoms with Gasteiger partial charge in [-0.2, -0.15) is 5.10 Å². The Morgan fingerprint density at radius 2 is 2.19 bits per heavy atom. The van der Waals surface area contributed by atoms with Gasteiger partial charge in [-0.3, -0.25) is 4.68 Å². The molecule has 0 spiro atoms. The Morgan fingerprint density at radius 1 is 1.44 bits per heavy atom. The van der Waals surface area contributed by atoms with Crippen molar-refractivity contribution in [3.8, 4) is 0 Å². The van der Waals surface area contributed by atoms with E-state index in [4.69, 9.17) is 5.73 Å². The highest BCUT2D eigenvalue weighted by Crippen LogP contribution is 2.17. The van der Waals surface area contributed by atoms with Crippen LogP contribution in [0.1, 0.15) is 19.4 Å². The predicted octanol–water partition coefficient (Wildman–Crippen LogP) is 1.27. The lowest BCUT2D eigenvalue weighted by Crippen LogP contribution is -2.26. The molecule has 0 aliphatic rings. The van der Waals surface area contributed by atoms with E-state index in [-0.39, 0.29) is 0 Å². The molecule has 4 nitrogen and oxygen atoms in total. The van der Waals surface area contributed by atoms with E-state index in [0.717, 1.165) is 16.5 Å². The fraction of sp³-hybridized carbons (Fsp3) is 0.417. The Kier molecular flexibility index (Phi) is 2.69. The summed E-state index contributed by atoms with van der Waals surface area (Å²) in [7, 11) is 0. The van der Waals surface area contributed by atoms with Gasteiger partial charge in [-0.05, 0) is 31.5 Å². The lowest BCUT2D eigenvalue weighted by atomic mass is 10.1. The second-order valence-electron chi connectivity index (χ2n) is 4.71. The topological polar surface area (TPSA) is 64.1 Å². The molecule has 2 aromatic rings. The van der Waals surface area contributed by atoms with Gasteiger partial charge >= 0.3 is 0 Å². The molecule has 0 bridgehead atoms. The minimum Gasteiger partial charge on any atom is -0.389 e. The van der Waals surface area contributed by atoms with Gasteiger partial charge in [0.25, 0.3) is 0 Å². The van der Waals surface area contributed by atoms with E-state index in [2.05, 4.69) is 5.10 Å². The van der Waals surface area contributed by atoms with Crippen LogP contribution in [0.4, 0.5) is 0 Å². The maximum Gasteiger partial charge on any atom is 0.0787 e. The van der Waals surface area contributed by atoms with E-state index in [9.17, 15) is 5.11 Å². The van der Waals surface area contributed by atoms with Crippen LogP contribution in [0, 0.1) is 0 Å². The zero-order valence-electron chi connectivity index (χ0n) is 9.64. The number of benzene rings is 1. The van der Waals surface area contributed by atoms with Crippen LogP contribution in [0.15, 0.2) is 24.4 Å². The summed E-state index contributed by atoms with van der Waals surface area (Å²) in [5.41, 5.74) is 6.94. The van der Waals surface area contributed by atoms with Crippen LogP contribution in [0.2, 0.25) is 0 Å². The Morgan fingerprint density at radius 3 is 2.81 bits per heavy atom. The summed E-state index contributed by atoms with van der Waals surface area (Å²) in [4.78, 5) is 0. The summed E-state index contributed by atoms with van der Waals surface area (Å²) in [5, 5.41) is 15.1. The predicted molar refractivity (Wildman–Crippen MR) is 63.9 cm³/mol. The van der Waals surface area contributed by atoms with E-state index >= 15 is 0 Å². The molecule has 0 amide bonds. The van der Waals surface area contributed by atoms with Gasteiger partial charge in [-0.25, -0.2) is 0 Å². The van der Waals surface area contributed by atoms with Crippen LogP contribution < -0.4 is 5.73 Å². The maximum atomic E-state index is 9.77. The molecule has 3 N–H and O–H groups in total. The molecule has 0 fully saturated rings. The molecular weight excluding hydrogens is 202 g/mol. The molecule has 0 unspecified atom stereocenters. The molecule has 1 heterocycles. The molecule has 0 atom stereocenters. The molecule has 2 rings (SSSR count). The first-order chi connectivity index (χ1) is 7.49. The van der Waals surface area contributed by atoms with Crippen molar-refractivity contribution in [2.75, 3.05) is 0 Å². The zero-order valence-corrected chi connectivity index (χ0v) is 9.64. The van der Waals surface area contributed by atoms with E-state index in [0.29, 0.717) is 13.1 Å². The van der Waals surface area contributed by atoms with E-state index in [1.165, 1.54) is 0 Å². The summed E-state index contributed by atoms with van der Waals surface area (Å²) in [6.07, 6.45) is 1.81. The number of rotatable bonds is 3. The zero-order chi connectivity index (χ0) is 11.8. The van der Waals surface area contributed by atoms with Crippen molar-refractivity contribution in [1.29, 1.82) is 0 Å². The fourth-order valence-corrected chi connectivity index (χ4v) is 1.76. The molecule has 0 saturated carbocycles. The van der Waals surface area contributed by atoms with Crippen molar-refractivity contribution in [3.63, 3.8) is 0 Å². The van der Waals surface area contributed by atoms with Crippen molar-refractivity contribution < 1.29 is 5.11 Å². The normalized spacial score (nSPS) is 12.2. The van der Waals surface area contributed by atoms with Crippen LogP contribution in [0.3, 0.4) is 0 Å². The molecule has 1 aromatic carbocycles. The smallest absolute Gasteiger partial charge is 0.0787 e. The van der Waals surface area contributed by atoms with Gasteiger partial charge in [0.1, 0.15) is 0 Å². The van der Waals surface area contributed by atoms with Gasteiger partial charge in [0.15, 0.2) is 0 Å². The molecular formula is C12H17N3O. The van der Waals surface area contributed by atoms with Crippen LogP contribution in [0.25, 0.3) is 10.9 Å². The van der Waals surface area contributed by atoms with E-state index < -0.39 is 5.60 Å². The number of aromatic nitrogens is 2. The van der Waals surface area contributed by atoms with Crippen LogP contribution in [-0.2, 0) is 13.1 Å². The average molecular weight is 219 g/mol. The van der Waals surface area contributed by atoms with Gasteiger partial charge in [0.2, 0.25) is 0 Å². The van der Waals surface area contributed by atoms with E-state index in [1.807, 2.05) is 22.9 Å². The molecule has 0 aliphatic carbocycles. The second-order valence-corrected chi connectivity index (χ2v) is 4.71. The van der Waals surface area contributed by atoms with Gasteiger partial charge in [0, 0.05) is 11.9 Å². The third kappa shape index (κ3) is 2.23. The number of aliphatic hydroxyl groups is 1. The fourth-order valence-electron chi connectivity index (χ4n) is 1.76. The summed E-state index contributed by atoms with van der Waals surface area (Å²) >= 11 is 0. The monoisotopic (exact) mass is 219 g/mol. The summed E-state index contributed by atoms with van der Waals surface area (Å²) < 4.78 is 1.82. The highest BCUT2D eigenvalue weighted by atomic mass is 16.3. The minimum atomic E-state index is -0.758. The number of hydrogen-bond acceptors (Lipinski definition) is 3.